The summed E-state index contributed by atoms with van der Waals surface area (Å²) in [5.74, 6) is 0. The summed E-state index contributed by atoms with van der Waals surface area (Å²) in [7, 11) is 0. The topological polar surface area (TPSA) is 54.6 Å². The Morgan fingerprint density at radius 2 is 2.45 bits per heavy atom. The Bertz CT molecular complexity index is 214. The van der Waals surface area contributed by atoms with Crippen molar-refractivity contribution in [2.75, 3.05) is 6.54 Å². The molecule has 2 aliphatic heterocycles. The molecule has 60 valence electrons. The average Bonchev–Trinajstić information content (AvgIpc) is 1.73. The molecule has 2 atom stereocenters. The summed E-state index contributed by atoms with van der Waals surface area (Å²) in [5.41, 5.74) is 0. The molecular formula is C7H9N2O2-. The molecule has 1 saturated heterocycles. The predicted molar refractivity (Wildman–Crippen MR) is 39.4 cm³/mol. The number of hydrogen-bond donors (Lipinski definition) is 1. The maximum Gasteiger partial charge on any atom is 0.407 e. The fourth-order valence-electron chi connectivity index (χ4n) is 1.41. The molecule has 2 rings (SSSR count). The van der Waals surface area contributed by atoms with Crippen molar-refractivity contribution in [3.8, 4) is 0 Å². The third-order valence-corrected chi connectivity index (χ3v) is 2.25. The summed E-state index contributed by atoms with van der Waals surface area (Å²) in [6.07, 6.45) is 3.80. The SMILES string of the molecule is O=C(O)N1CCC1C1C=C[N-]1. The first-order chi connectivity index (χ1) is 5.29. The quantitative estimate of drug-likeness (QED) is 0.611. The second-order valence-corrected chi connectivity index (χ2v) is 2.81. The summed E-state index contributed by atoms with van der Waals surface area (Å²) >= 11 is 0. The first kappa shape index (κ1) is 6.52. The van der Waals surface area contributed by atoms with Crippen LogP contribution in [0.3, 0.4) is 0 Å². The largest absolute Gasteiger partial charge is 0.683 e. The molecule has 11 heavy (non-hydrogen) atoms. The molecule has 0 aromatic heterocycles. The summed E-state index contributed by atoms with van der Waals surface area (Å²) < 4.78 is 0. The Kier molecular flexibility index (Phi) is 1.27. The molecular weight excluding hydrogens is 144 g/mol. The van der Waals surface area contributed by atoms with Gasteiger partial charge in [-0.3, -0.25) is 0 Å². The molecule has 0 aromatic rings. The van der Waals surface area contributed by atoms with Crippen LogP contribution in [-0.4, -0.2) is 34.7 Å². The highest BCUT2D eigenvalue weighted by Gasteiger charge is 2.33. The van der Waals surface area contributed by atoms with Crippen molar-refractivity contribution in [3.05, 3.63) is 17.6 Å². The number of amides is 1. The third-order valence-electron chi connectivity index (χ3n) is 2.25. The predicted octanol–water partition coefficient (Wildman–Crippen LogP) is 1.01. The minimum atomic E-state index is -0.822. The number of carbonyl (C=O) groups is 1. The lowest BCUT2D eigenvalue weighted by molar-refractivity contribution is 0.0726. The van der Waals surface area contributed by atoms with Crippen LogP contribution in [0.1, 0.15) is 6.42 Å². The van der Waals surface area contributed by atoms with E-state index in [1.807, 2.05) is 6.08 Å². The van der Waals surface area contributed by atoms with E-state index in [9.17, 15) is 4.79 Å². The van der Waals surface area contributed by atoms with E-state index in [0.29, 0.717) is 6.54 Å². The Hall–Kier alpha value is -1.19. The van der Waals surface area contributed by atoms with Crippen LogP contribution >= 0.6 is 0 Å². The summed E-state index contributed by atoms with van der Waals surface area (Å²) in [6, 6.07) is 0.261. The Balaban J connectivity index is 1.95. The molecule has 1 amide bonds. The van der Waals surface area contributed by atoms with Gasteiger partial charge in [-0.25, -0.2) is 4.79 Å². The van der Waals surface area contributed by atoms with Crippen molar-refractivity contribution in [2.24, 2.45) is 0 Å². The van der Waals surface area contributed by atoms with Crippen LogP contribution in [0.2, 0.25) is 0 Å². The lowest BCUT2D eigenvalue weighted by Crippen LogP contribution is -2.56. The van der Waals surface area contributed by atoms with Crippen molar-refractivity contribution in [2.45, 2.75) is 18.5 Å². The van der Waals surface area contributed by atoms with E-state index in [1.165, 1.54) is 4.90 Å². The van der Waals surface area contributed by atoms with E-state index in [4.69, 9.17) is 5.11 Å². The third kappa shape index (κ3) is 0.859. The van der Waals surface area contributed by atoms with E-state index < -0.39 is 6.09 Å². The molecule has 4 heteroatoms. The van der Waals surface area contributed by atoms with Crippen molar-refractivity contribution in [3.63, 3.8) is 0 Å². The first-order valence-electron chi connectivity index (χ1n) is 3.65. The second-order valence-electron chi connectivity index (χ2n) is 2.81. The fraction of sp³-hybridized carbons (Fsp3) is 0.571. The molecule has 2 heterocycles. The highest BCUT2D eigenvalue weighted by molar-refractivity contribution is 5.67. The van der Waals surface area contributed by atoms with Gasteiger partial charge >= 0.3 is 6.09 Å². The summed E-state index contributed by atoms with van der Waals surface area (Å²) in [4.78, 5) is 11.9. The van der Waals surface area contributed by atoms with E-state index in [2.05, 4.69) is 5.32 Å². The fourth-order valence-corrected chi connectivity index (χ4v) is 1.41. The van der Waals surface area contributed by atoms with Gasteiger partial charge in [0, 0.05) is 12.6 Å². The Morgan fingerprint density at radius 1 is 1.73 bits per heavy atom. The summed E-state index contributed by atoms with van der Waals surface area (Å²) in [6.45, 7) is 0.667. The van der Waals surface area contributed by atoms with E-state index in [0.717, 1.165) is 6.42 Å². The molecule has 0 radical (unpaired) electrons. The normalized spacial score (nSPS) is 33.6. The number of rotatable bonds is 1. The van der Waals surface area contributed by atoms with Crippen LogP contribution < -0.4 is 0 Å². The highest BCUT2D eigenvalue weighted by atomic mass is 16.4. The zero-order valence-corrected chi connectivity index (χ0v) is 5.97. The van der Waals surface area contributed by atoms with Gasteiger partial charge in [-0.05, 0) is 6.42 Å². The molecule has 1 fully saturated rings. The van der Waals surface area contributed by atoms with Crippen molar-refractivity contribution in [1.82, 2.24) is 4.90 Å². The van der Waals surface area contributed by atoms with Gasteiger partial charge in [0.25, 0.3) is 0 Å². The van der Waals surface area contributed by atoms with Crippen LogP contribution in [0.5, 0.6) is 0 Å². The zero-order valence-electron chi connectivity index (χ0n) is 5.97. The van der Waals surface area contributed by atoms with Crippen LogP contribution in [0, 0.1) is 0 Å². The van der Waals surface area contributed by atoms with Gasteiger partial charge in [0.15, 0.2) is 0 Å². The van der Waals surface area contributed by atoms with Crippen LogP contribution in [0.25, 0.3) is 5.32 Å². The van der Waals surface area contributed by atoms with Crippen molar-refractivity contribution in [1.29, 1.82) is 0 Å². The van der Waals surface area contributed by atoms with Crippen LogP contribution in [-0.2, 0) is 0 Å². The second kappa shape index (κ2) is 2.15. The smallest absolute Gasteiger partial charge is 0.407 e. The molecule has 0 aliphatic carbocycles. The van der Waals surface area contributed by atoms with Crippen molar-refractivity contribution >= 4 is 6.09 Å². The molecule has 0 saturated carbocycles. The molecule has 0 aromatic carbocycles. The molecule has 0 spiro atoms. The maximum atomic E-state index is 10.5. The number of likely N-dealkylation sites (tertiary alicyclic amines) is 1. The van der Waals surface area contributed by atoms with Gasteiger partial charge in [0.05, 0.1) is 0 Å². The van der Waals surface area contributed by atoms with Gasteiger partial charge in [-0.1, -0.05) is 6.04 Å². The molecule has 2 unspecified atom stereocenters. The van der Waals surface area contributed by atoms with Gasteiger partial charge in [0.2, 0.25) is 0 Å². The zero-order chi connectivity index (χ0) is 7.84. The summed E-state index contributed by atoms with van der Waals surface area (Å²) in [5, 5.41) is 12.7. The monoisotopic (exact) mass is 153 g/mol. The lowest BCUT2D eigenvalue weighted by atomic mass is 9.93. The van der Waals surface area contributed by atoms with Crippen molar-refractivity contribution < 1.29 is 9.90 Å². The molecule has 0 bridgehead atoms. The first-order valence-corrected chi connectivity index (χ1v) is 3.65. The number of hydrogen-bond acceptors (Lipinski definition) is 1. The highest BCUT2D eigenvalue weighted by Crippen LogP contribution is 2.30. The van der Waals surface area contributed by atoms with Crippen LogP contribution in [0.4, 0.5) is 4.79 Å². The van der Waals surface area contributed by atoms with E-state index >= 15 is 0 Å². The molecule has 4 nitrogen and oxygen atoms in total. The van der Waals surface area contributed by atoms with E-state index in [1.54, 1.807) is 6.20 Å². The van der Waals surface area contributed by atoms with Gasteiger partial charge in [0.1, 0.15) is 0 Å². The lowest BCUT2D eigenvalue weighted by Gasteiger charge is -2.51. The minimum Gasteiger partial charge on any atom is -0.683 e. The van der Waals surface area contributed by atoms with Gasteiger partial charge in [-0.15, -0.1) is 6.08 Å². The Labute approximate surface area is 64.5 Å². The standard InChI is InChI=1S/C7H9N2O2/c10-7(11)9-4-2-6(9)5-1-3-8-5/h1,3,5-6H,2,4H2,(H,10,11)/q-1. The van der Waals surface area contributed by atoms with Crippen LogP contribution in [0.15, 0.2) is 12.3 Å². The minimum absolute atomic E-state index is 0.123. The number of nitrogens with zero attached hydrogens (tertiary/aromatic N) is 2. The van der Waals surface area contributed by atoms with E-state index in [-0.39, 0.29) is 12.1 Å². The van der Waals surface area contributed by atoms with Gasteiger partial charge in [-0.2, -0.15) is 6.20 Å². The maximum absolute atomic E-state index is 10.5. The average molecular weight is 153 g/mol. The molecule has 1 N–H and O–H groups in total. The number of carboxylic acid groups (broad SMARTS) is 1. The van der Waals surface area contributed by atoms with Gasteiger partial charge < -0.3 is 15.3 Å². The Morgan fingerprint density at radius 3 is 2.73 bits per heavy atom. The molecule has 2 aliphatic rings.